The van der Waals surface area contributed by atoms with Crippen molar-refractivity contribution in [1.82, 2.24) is 0 Å². The first-order chi connectivity index (χ1) is 23.5. The quantitative estimate of drug-likeness (QED) is 0.343. The maximum Gasteiger partial charge on any atom is 0.246 e. The van der Waals surface area contributed by atoms with Crippen molar-refractivity contribution in [1.29, 1.82) is 0 Å². The van der Waals surface area contributed by atoms with E-state index in [-0.39, 0.29) is 69.5 Å². The van der Waals surface area contributed by atoms with Gasteiger partial charge in [-0.15, -0.1) is 0 Å². The van der Waals surface area contributed by atoms with Gasteiger partial charge in [0.25, 0.3) is 0 Å². The molecule has 2 aromatic carbocycles. The summed E-state index contributed by atoms with van der Waals surface area (Å²) < 4.78 is 0. The van der Waals surface area contributed by atoms with Crippen LogP contribution in [0.5, 0.6) is 0 Å². The molecule has 0 spiro atoms. The van der Waals surface area contributed by atoms with Gasteiger partial charge in [0.05, 0.1) is 22.2 Å². The van der Waals surface area contributed by atoms with Crippen LogP contribution in [0.3, 0.4) is 0 Å². The molecule has 0 saturated heterocycles. The lowest BCUT2D eigenvalue weighted by atomic mass is 9.76. The van der Waals surface area contributed by atoms with Crippen molar-refractivity contribution in [2.24, 2.45) is 4.99 Å². The van der Waals surface area contributed by atoms with E-state index in [1.807, 2.05) is 24.3 Å². The van der Waals surface area contributed by atoms with E-state index < -0.39 is 0 Å². The van der Waals surface area contributed by atoms with Crippen molar-refractivity contribution >= 4 is 45.8 Å². The zero-order chi connectivity index (χ0) is 36.4. The first kappa shape index (κ1) is 35.9. The Hall–Kier alpha value is -3.94. The third kappa shape index (κ3) is 5.76. The molecule has 2 amide bonds. The topological polar surface area (TPSA) is 102 Å². The minimum Gasteiger partial charge on any atom is -0.506 e. The second kappa shape index (κ2) is 13.0. The SMILES string of the molecule is CC(C)N1c2cc3c(cc2C(C)(C)C1C)C1=C(O)C(=c2cc4c(cc2=NC(=O)CCCCCCCCC(=O)N3)N(C(C)C)C(C)C4(C)C)C1=O. The maximum atomic E-state index is 14.5. The summed E-state index contributed by atoms with van der Waals surface area (Å²) in [6.45, 7) is 21.9. The van der Waals surface area contributed by atoms with Crippen LogP contribution in [0.2, 0.25) is 0 Å². The molecule has 2 atom stereocenters. The van der Waals surface area contributed by atoms with Gasteiger partial charge < -0.3 is 20.2 Å². The molecule has 1 aliphatic carbocycles. The van der Waals surface area contributed by atoms with E-state index in [9.17, 15) is 19.5 Å². The molecule has 0 radical (unpaired) electrons. The average Bonchev–Trinajstić information content (AvgIpc) is 3.34. The number of Topliss-reactive ketones (excluding diaryl/α,β-unsaturated/α-hetero) is 1. The first-order valence-electron chi connectivity index (χ1n) is 18.8. The second-order valence-electron chi connectivity index (χ2n) is 16.7. The van der Waals surface area contributed by atoms with Gasteiger partial charge in [-0.2, -0.15) is 0 Å². The van der Waals surface area contributed by atoms with E-state index >= 15 is 0 Å². The molecule has 2 aromatic rings. The lowest BCUT2D eigenvalue weighted by Gasteiger charge is -2.34. The van der Waals surface area contributed by atoms with Crippen LogP contribution in [0, 0.1) is 0 Å². The molecular weight excluding hydrogens is 624 g/mol. The standard InChI is InChI=1S/C42H56N4O4/c1-23(2)45-25(5)41(7,8)29-19-27-31(21-33(29)45)43-35(47)17-15-13-11-12-14-16-18-36(48)44-32-22-34-30(42(9,10)26(6)46(34)24(3)4)20-28(32)38-39(49)37(27)40(38)50/h19-26,49H,11-18H2,1-10H3,(H,43,47). The number of hydrogen-bond donors (Lipinski definition) is 2. The van der Waals surface area contributed by atoms with Crippen LogP contribution < -0.4 is 25.7 Å². The van der Waals surface area contributed by atoms with Gasteiger partial charge in [0.1, 0.15) is 5.76 Å². The van der Waals surface area contributed by atoms with E-state index in [1.165, 1.54) is 0 Å². The zero-order valence-electron chi connectivity index (χ0n) is 31.8. The van der Waals surface area contributed by atoms with Gasteiger partial charge in [-0.25, -0.2) is 4.99 Å². The van der Waals surface area contributed by atoms with Crippen molar-refractivity contribution in [2.75, 3.05) is 15.1 Å². The number of ketones is 1. The highest BCUT2D eigenvalue weighted by Gasteiger charge is 2.46. The predicted octanol–water partition coefficient (Wildman–Crippen LogP) is 7.40. The van der Waals surface area contributed by atoms with E-state index in [2.05, 4.69) is 89.3 Å². The van der Waals surface area contributed by atoms with E-state index in [0.29, 0.717) is 34.7 Å². The number of aliphatic hydroxyl groups is 1. The summed E-state index contributed by atoms with van der Waals surface area (Å²) in [7, 11) is 0. The Balaban J connectivity index is 1.63. The average molecular weight is 681 g/mol. The van der Waals surface area contributed by atoms with Gasteiger partial charge in [-0.05, 0) is 89.8 Å². The predicted molar refractivity (Wildman–Crippen MR) is 202 cm³/mol. The fourth-order valence-corrected chi connectivity index (χ4v) is 8.82. The van der Waals surface area contributed by atoms with Gasteiger partial charge in [0, 0.05) is 70.0 Å². The molecule has 5 aliphatic rings. The molecule has 50 heavy (non-hydrogen) atoms. The molecule has 7 rings (SSSR count). The van der Waals surface area contributed by atoms with Crippen molar-refractivity contribution in [3.8, 4) is 0 Å². The highest BCUT2D eigenvalue weighted by Crippen LogP contribution is 2.51. The highest BCUT2D eigenvalue weighted by molar-refractivity contribution is 6.52. The van der Waals surface area contributed by atoms with E-state index in [4.69, 9.17) is 0 Å². The minimum atomic E-state index is -0.311. The normalized spacial score (nSPS) is 23.8. The van der Waals surface area contributed by atoms with Crippen molar-refractivity contribution in [3.63, 3.8) is 0 Å². The Morgan fingerprint density at radius 3 is 1.82 bits per heavy atom. The van der Waals surface area contributed by atoms with Gasteiger partial charge in [-0.3, -0.25) is 14.4 Å². The molecule has 0 fully saturated rings. The van der Waals surface area contributed by atoms with Crippen LogP contribution in [0.1, 0.15) is 137 Å². The number of carbonyl (C=O) groups excluding carboxylic acids is 3. The van der Waals surface area contributed by atoms with Gasteiger partial charge in [0.2, 0.25) is 17.6 Å². The Bertz CT molecular complexity index is 1920. The summed E-state index contributed by atoms with van der Waals surface area (Å²) in [5, 5.41) is 16.0. The summed E-state index contributed by atoms with van der Waals surface area (Å²) in [5.41, 5.74) is 5.13. The van der Waals surface area contributed by atoms with Crippen LogP contribution >= 0.6 is 0 Å². The molecule has 2 unspecified atom stereocenters. The number of amides is 2. The number of benzene rings is 2. The fourth-order valence-electron chi connectivity index (χ4n) is 8.82. The van der Waals surface area contributed by atoms with Crippen molar-refractivity contribution < 1.29 is 19.5 Å². The Labute approximate surface area is 297 Å². The number of fused-ring (bicyclic) bond motifs is 13. The van der Waals surface area contributed by atoms with E-state index in [0.717, 1.165) is 61.0 Å². The van der Waals surface area contributed by atoms with Gasteiger partial charge >= 0.3 is 0 Å². The summed E-state index contributed by atoms with van der Waals surface area (Å²) >= 11 is 0. The van der Waals surface area contributed by atoms with Crippen molar-refractivity contribution in [3.05, 3.63) is 57.3 Å². The first-order valence-corrected chi connectivity index (χ1v) is 18.8. The largest absolute Gasteiger partial charge is 0.506 e. The summed E-state index contributed by atoms with van der Waals surface area (Å²) in [6, 6.07) is 8.74. The lowest BCUT2D eigenvalue weighted by Crippen LogP contribution is -2.42. The number of carbonyl (C=O) groups is 3. The zero-order valence-corrected chi connectivity index (χ0v) is 31.8. The summed E-state index contributed by atoms with van der Waals surface area (Å²) in [4.78, 5) is 50.6. The van der Waals surface area contributed by atoms with Crippen LogP contribution in [-0.2, 0) is 25.2 Å². The molecule has 8 nitrogen and oxygen atoms in total. The number of aliphatic hydroxyl groups excluding tert-OH is 1. The Morgan fingerprint density at radius 1 is 0.740 bits per heavy atom. The molecule has 2 N–H and O–H groups in total. The smallest absolute Gasteiger partial charge is 0.246 e. The van der Waals surface area contributed by atoms with Crippen LogP contribution in [-0.4, -0.2) is 46.9 Å². The molecule has 4 heterocycles. The summed E-state index contributed by atoms with van der Waals surface area (Å²) in [5.74, 6) is -0.753. The molecule has 0 saturated carbocycles. The molecule has 268 valence electrons. The van der Waals surface area contributed by atoms with Crippen molar-refractivity contribution in [2.45, 2.75) is 156 Å². The molecular formula is C42H56N4O4. The van der Waals surface area contributed by atoms with Crippen LogP contribution in [0.25, 0.3) is 11.1 Å². The third-order valence-corrected chi connectivity index (χ3v) is 12.3. The van der Waals surface area contributed by atoms with Crippen LogP contribution in [0.15, 0.2) is 35.0 Å². The lowest BCUT2D eigenvalue weighted by molar-refractivity contribution is -0.118. The molecule has 4 aliphatic heterocycles. The highest BCUT2D eigenvalue weighted by atomic mass is 16.3. The Morgan fingerprint density at radius 2 is 1.26 bits per heavy atom. The van der Waals surface area contributed by atoms with Gasteiger partial charge in [-0.1, -0.05) is 53.4 Å². The summed E-state index contributed by atoms with van der Waals surface area (Å²) in [6.07, 6.45) is 6.04. The number of rotatable bonds is 2. The number of allylic oxidation sites excluding steroid dienone is 2. The Kier molecular flexibility index (Phi) is 9.32. The van der Waals surface area contributed by atoms with Gasteiger partial charge in [0.15, 0.2) is 0 Å². The molecule has 2 bridgehead atoms. The number of hydrogen-bond acceptors (Lipinski definition) is 6. The number of anilines is 3. The molecule has 0 aromatic heterocycles. The minimum absolute atomic E-state index is 0.0991. The number of nitrogens with one attached hydrogen (secondary N) is 1. The molecule has 8 heteroatoms. The van der Waals surface area contributed by atoms with E-state index in [1.54, 1.807) is 0 Å². The number of nitrogens with zero attached hydrogens (tertiary/aromatic N) is 3. The fraction of sp³-hybridized carbons (Fsp3) is 0.571. The monoisotopic (exact) mass is 680 g/mol. The maximum absolute atomic E-state index is 14.5. The third-order valence-electron chi connectivity index (χ3n) is 12.3. The van der Waals surface area contributed by atoms with Crippen LogP contribution in [0.4, 0.5) is 17.1 Å². The second-order valence-corrected chi connectivity index (χ2v) is 16.7.